The SMILES string of the molecule is COc1ccc(/C(C)=C/C(=O)Nc2cc(OC)c(Cl)cc2OC)c(OC)c1. The van der Waals surface area contributed by atoms with Crippen LogP contribution in [0, 0.1) is 0 Å². The molecule has 7 heteroatoms. The third-order valence-electron chi connectivity index (χ3n) is 3.91. The molecule has 0 aliphatic carbocycles. The first-order chi connectivity index (χ1) is 12.9. The van der Waals surface area contributed by atoms with Gasteiger partial charge in [-0.2, -0.15) is 0 Å². The van der Waals surface area contributed by atoms with Crippen LogP contribution in [0.15, 0.2) is 36.4 Å². The lowest BCUT2D eigenvalue weighted by Crippen LogP contribution is -2.10. The number of allylic oxidation sites excluding steroid dienone is 1. The molecule has 0 aliphatic rings. The van der Waals surface area contributed by atoms with E-state index in [-0.39, 0.29) is 5.91 Å². The van der Waals surface area contributed by atoms with E-state index >= 15 is 0 Å². The van der Waals surface area contributed by atoms with E-state index < -0.39 is 0 Å². The Hall–Kier alpha value is -2.86. The topological polar surface area (TPSA) is 66.0 Å². The lowest BCUT2D eigenvalue weighted by atomic mass is 10.1. The molecule has 0 bridgehead atoms. The number of hydrogen-bond donors (Lipinski definition) is 1. The number of methoxy groups -OCH3 is 4. The summed E-state index contributed by atoms with van der Waals surface area (Å²) in [6.07, 6.45) is 1.48. The summed E-state index contributed by atoms with van der Waals surface area (Å²) in [4.78, 5) is 12.5. The predicted octanol–water partition coefficient (Wildman–Crippen LogP) is 4.42. The van der Waals surface area contributed by atoms with Gasteiger partial charge in [-0.15, -0.1) is 0 Å². The Kier molecular flexibility index (Phi) is 6.96. The van der Waals surface area contributed by atoms with Gasteiger partial charge in [0.1, 0.15) is 23.0 Å². The Morgan fingerprint density at radius 3 is 2.19 bits per heavy atom. The van der Waals surface area contributed by atoms with Crippen molar-refractivity contribution in [2.24, 2.45) is 0 Å². The van der Waals surface area contributed by atoms with Crippen LogP contribution in [0.5, 0.6) is 23.0 Å². The Labute approximate surface area is 163 Å². The highest BCUT2D eigenvalue weighted by Crippen LogP contribution is 2.36. The highest BCUT2D eigenvalue weighted by molar-refractivity contribution is 6.32. The third kappa shape index (κ3) is 4.86. The smallest absolute Gasteiger partial charge is 0.248 e. The summed E-state index contributed by atoms with van der Waals surface area (Å²) in [5.41, 5.74) is 1.97. The normalized spacial score (nSPS) is 11.0. The van der Waals surface area contributed by atoms with Gasteiger partial charge in [0.15, 0.2) is 0 Å². The second-order valence-electron chi connectivity index (χ2n) is 5.57. The van der Waals surface area contributed by atoms with Crippen LogP contribution in [0.25, 0.3) is 5.57 Å². The first-order valence-electron chi connectivity index (χ1n) is 8.06. The Morgan fingerprint density at radius 1 is 0.926 bits per heavy atom. The fraction of sp³-hybridized carbons (Fsp3) is 0.250. The van der Waals surface area contributed by atoms with Crippen LogP contribution in [0.4, 0.5) is 5.69 Å². The molecule has 0 aromatic heterocycles. The van der Waals surface area contributed by atoms with Crippen molar-refractivity contribution < 1.29 is 23.7 Å². The molecule has 0 spiro atoms. The predicted molar refractivity (Wildman–Crippen MR) is 106 cm³/mol. The van der Waals surface area contributed by atoms with Crippen LogP contribution in [-0.4, -0.2) is 34.3 Å². The molecule has 0 fully saturated rings. The van der Waals surface area contributed by atoms with E-state index in [1.54, 1.807) is 38.5 Å². The molecule has 2 aromatic carbocycles. The standard InChI is InChI=1S/C20H22ClNO5/c1-12(14-7-6-13(24-2)9-17(14)25-3)8-20(23)22-16-11-18(26-4)15(21)10-19(16)27-5/h6-11H,1-5H3,(H,22,23)/b12-8+. The minimum atomic E-state index is -0.326. The largest absolute Gasteiger partial charge is 0.497 e. The van der Waals surface area contributed by atoms with E-state index in [0.29, 0.717) is 33.7 Å². The van der Waals surface area contributed by atoms with Gasteiger partial charge in [0, 0.05) is 29.8 Å². The maximum Gasteiger partial charge on any atom is 0.248 e. The zero-order valence-corrected chi connectivity index (χ0v) is 16.6. The average Bonchev–Trinajstić information content (AvgIpc) is 2.68. The lowest BCUT2D eigenvalue weighted by molar-refractivity contribution is -0.111. The number of halogens is 1. The van der Waals surface area contributed by atoms with Crippen LogP contribution in [0.2, 0.25) is 5.02 Å². The second-order valence-corrected chi connectivity index (χ2v) is 5.98. The van der Waals surface area contributed by atoms with Crippen molar-refractivity contribution in [3.8, 4) is 23.0 Å². The third-order valence-corrected chi connectivity index (χ3v) is 4.21. The minimum absolute atomic E-state index is 0.326. The van der Waals surface area contributed by atoms with Gasteiger partial charge in [-0.05, 0) is 24.6 Å². The maximum atomic E-state index is 12.5. The van der Waals surface area contributed by atoms with Crippen LogP contribution >= 0.6 is 11.6 Å². The molecule has 2 rings (SSSR count). The molecule has 0 aliphatic heterocycles. The zero-order chi connectivity index (χ0) is 20.0. The summed E-state index contributed by atoms with van der Waals surface area (Å²) >= 11 is 6.09. The Morgan fingerprint density at radius 2 is 1.59 bits per heavy atom. The van der Waals surface area contributed by atoms with Crippen molar-refractivity contribution >= 4 is 28.8 Å². The molecule has 2 aromatic rings. The molecule has 0 atom stereocenters. The lowest BCUT2D eigenvalue weighted by Gasteiger charge is -2.13. The van der Waals surface area contributed by atoms with Gasteiger partial charge in [-0.1, -0.05) is 11.6 Å². The van der Waals surface area contributed by atoms with Crippen LogP contribution < -0.4 is 24.3 Å². The summed E-state index contributed by atoms with van der Waals surface area (Å²) in [5.74, 6) is 1.83. The van der Waals surface area contributed by atoms with Crippen molar-refractivity contribution in [1.29, 1.82) is 0 Å². The van der Waals surface area contributed by atoms with Crippen LogP contribution in [0.1, 0.15) is 12.5 Å². The van der Waals surface area contributed by atoms with Gasteiger partial charge >= 0.3 is 0 Å². The van der Waals surface area contributed by atoms with Gasteiger partial charge in [0.2, 0.25) is 5.91 Å². The number of anilines is 1. The van der Waals surface area contributed by atoms with E-state index in [1.807, 2.05) is 13.0 Å². The summed E-state index contributed by atoms with van der Waals surface area (Å²) in [7, 11) is 6.14. The molecule has 1 amide bonds. The zero-order valence-electron chi connectivity index (χ0n) is 15.9. The fourth-order valence-corrected chi connectivity index (χ4v) is 2.76. The van der Waals surface area contributed by atoms with Crippen molar-refractivity contribution in [2.45, 2.75) is 6.92 Å². The monoisotopic (exact) mass is 391 g/mol. The fourth-order valence-electron chi connectivity index (χ4n) is 2.53. The quantitative estimate of drug-likeness (QED) is 0.708. The molecular formula is C20H22ClNO5. The van der Waals surface area contributed by atoms with Gasteiger partial charge in [-0.25, -0.2) is 0 Å². The van der Waals surface area contributed by atoms with Crippen molar-refractivity contribution in [1.82, 2.24) is 0 Å². The van der Waals surface area contributed by atoms with Crippen molar-refractivity contribution in [3.05, 3.63) is 47.0 Å². The number of rotatable bonds is 7. The molecule has 144 valence electrons. The summed E-state index contributed by atoms with van der Waals surface area (Å²) < 4.78 is 21.0. The van der Waals surface area contributed by atoms with E-state index in [0.717, 1.165) is 11.1 Å². The number of carbonyl (C=O) groups excluding carboxylic acids is 1. The second kappa shape index (κ2) is 9.19. The molecule has 0 unspecified atom stereocenters. The number of benzene rings is 2. The van der Waals surface area contributed by atoms with Crippen LogP contribution in [-0.2, 0) is 4.79 Å². The van der Waals surface area contributed by atoms with Crippen molar-refractivity contribution in [2.75, 3.05) is 33.8 Å². The highest BCUT2D eigenvalue weighted by atomic mass is 35.5. The maximum absolute atomic E-state index is 12.5. The number of carbonyl (C=O) groups is 1. The number of nitrogens with one attached hydrogen (secondary N) is 1. The van der Waals surface area contributed by atoms with Crippen LogP contribution in [0.3, 0.4) is 0 Å². The van der Waals surface area contributed by atoms with E-state index in [1.165, 1.54) is 20.3 Å². The molecule has 6 nitrogen and oxygen atoms in total. The van der Waals surface area contributed by atoms with E-state index in [2.05, 4.69) is 5.32 Å². The van der Waals surface area contributed by atoms with Crippen molar-refractivity contribution in [3.63, 3.8) is 0 Å². The summed E-state index contributed by atoms with van der Waals surface area (Å²) in [6.45, 7) is 1.82. The number of hydrogen-bond acceptors (Lipinski definition) is 5. The number of amides is 1. The molecule has 1 N–H and O–H groups in total. The molecular weight excluding hydrogens is 370 g/mol. The van der Waals surface area contributed by atoms with Gasteiger partial charge in [0.25, 0.3) is 0 Å². The van der Waals surface area contributed by atoms with E-state index in [9.17, 15) is 4.79 Å². The highest BCUT2D eigenvalue weighted by Gasteiger charge is 2.13. The first-order valence-corrected chi connectivity index (χ1v) is 8.44. The van der Waals surface area contributed by atoms with Gasteiger partial charge in [0.05, 0.1) is 39.1 Å². The molecule has 0 heterocycles. The number of ether oxygens (including phenoxy) is 4. The van der Waals surface area contributed by atoms with Gasteiger partial charge in [-0.3, -0.25) is 4.79 Å². The average molecular weight is 392 g/mol. The summed E-state index contributed by atoms with van der Waals surface area (Å²) in [5, 5.41) is 3.17. The minimum Gasteiger partial charge on any atom is -0.497 e. The van der Waals surface area contributed by atoms with E-state index in [4.69, 9.17) is 30.5 Å². The first kappa shape index (κ1) is 20.5. The molecule has 27 heavy (non-hydrogen) atoms. The molecule has 0 saturated carbocycles. The Balaban J connectivity index is 2.29. The summed E-state index contributed by atoms with van der Waals surface area (Å²) in [6, 6.07) is 8.59. The molecule has 0 saturated heterocycles. The molecule has 0 radical (unpaired) electrons. The van der Waals surface area contributed by atoms with Gasteiger partial charge < -0.3 is 24.3 Å². The Bertz CT molecular complexity index is 864.